The quantitative estimate of drug-likeness (QED) is 0.414. The van der Waals surface area contributed by atoms with Crippen LogP contribution in [0.4, 0.5) is 17.6 Å². The number of halogens is 5. The Balaban J connectivity index is 2.75. The van der Waals surface area contributed by atoms with Crippen molar-refractivity contribution in [3.8, 4) is 5.69 Å². The van der Waals surface area contributed by atoms with Crippen LogP contribution >= 0.6 is 23.4 Å². The first kappa shape index (κ1) is 22.0. The normalized spacial score (nSPS) is 12.4. The Morgan fingerprint density at radius 2 is 1.82 bits per heavy atom. The van der Waals surface area contributed by atoms with E-state index in [4.69, 9.17) is 11.6 Å². The zero-order chi connectivity index (χ0) is 21.4. The highest BCUT2D eigenvalue weighted by atomic mass is 35.5. The number of Topliss-reactive ketones (excluding diaryl/α,β-unsaturated/α-hetero) is 1. The number of hydrogen-bond donors (Lipinski definition) is 0. The molecule has 0 unspecified atom stereocenters. The van der Waals surface area contributed by atoms with E-state index in [1.54, 1.807) is 6.92 Å². The molecule has 1 aromatic carbocycles. The number of allylic oxidation sites excluding steroid dienone is 2. The van der Waals surface area contributed by atoms with Crippen LogP contribution in [0.1, 0.15) is 19.5 Å². The van der Waals surface area contributed by atoms with E-state index in [0.29, 0.717) is 0 Å². The van der Waals surface area contributed by atoms with Crippen LogP contribution in [0.2, 0.25) is 5.02 Å². The van der Waals surface area contributed by atoms with E-state index < -0.39 is 34.6 Å². The summed E-state index contributed by atoms with van der Waals surface area (Å²) < 4.78 is 53.8. The molecule has 0 fully saturated rings. The van der Waals surface area contributed by atoms with Gasteiger partial charge in [-0.2, -0.15) is 13.2 Å². The summed E-state index contributed by atoms with van der Waals surface area (Å²) in [5.41, 5.74) is -4.78. The van der Waals surface area contributed by atoms with Crippen LogP contribution in [0.3, 0.4) is 0 Å². The Morgan fingerprint density at radius 1 is 1.21 bits per heavy atom. The highest BCUT2D eigenvalue weighted by Crippen LogP contribution is 2.35. The van der Waals surface area contributed by atoms with Crippen molar-refractivity contribution < 1.29 is 22.4 Å². The average Bonchev–Trinajstić information content (AvgIpc) is 2.57. The number of rotatable bonds is 4. The molecule has 1 aromatic heterocycles. The van der Waals surface area contributed by atoms with E-state index in [1.807, 2.05) is 0 Å². The van der Waals surface area contributed by atoms with Crippen LogP contribution in [-0.4, -0.2) is 14.9 Å². The third-order valence-corrected chi connectivity index (χ3v) is 5.41. The summed E-state index contributed by atoms with van der Waals surface area (Å²) >= 11 is 6.84. The van der Waals surface area contributed by atoms with Crippen LogP contribution in [0, 0.1) is 5.82 Å². The fraction of sp³-hybridized carbons (Fsp3) is 0.235. The van der Waals surface area contributed by atoms with Crippen molar-refractivity contribution in [1.82, 2.24) is 9.13 Å². The molecular weight excluding hydrogens is 424 g/mol. The van der Waals surface area contributed by atoms with E-state index >= 15 is 0 Å². The van der Waals surface area contributed by atoms with Gasteiger partial charge >= 0.3 is 11.9 Å². The van der Waals surface area contributed by atoms with Crippen LogP contribution in [0.15, 0.2) is 43.7 Å². The number of alkyl halides is 3. The molecule has 0 radical (unpaired) electrons. The number of ketones is 1. The Labute approximate surface area is 165 Å². The lowest BCUT2D eigenvalue weighted by atomic mass is 10.3. The molecule has 28 heavy (non-hydrogen) atoms. The van der Waals surface area contributed by atoms with E-state index in [2.05, 4.69) is 0 Å². The number of carbonyl (C=O) groups excluding carboxylic acids is 1. The first-order valence-electron chi connectivity index (χ1n) is 7.63. The van der Waals surface area contributed by atoms with Gasteiger partial charge in [0, 0.05) is 18.0 Å². The molecule has 0 bridgehead atoms. The minimum Gasteiger partial charge on any atom is -0.294 e. The predicted molar refractivity (Wildman–Crippen MR) is 97.5 cm³/mol. The fourth-order valence-corrected chi connectivity index (χ4v) is 3.43. The summed E-state index contributed by atoms with van der Waals surface area (Å²) in [4.78, 5) is 36.5. The zero-order valence-electron chi connectivity index (χ0n) is 14.7. The Morgan fingerprint density at radius 3 is 2.32 bits per heavy atom. The first-order valence-corrected chi connectivity index (χ1v) is 8.82. The van der Waals surface area contributed by atoms with Crippen LogP contribution in [-0.2, 0) is 18.0 Å². The highest BCUT2D eigenvalue weighted by Gasteiger charge is 2.35. The lowest BCUT2D eigenvalue weighted by Gasteiger charge is -2.15. The van der Waals surface area contributed by atoms with Crippen molar-refractivity contribution in [2.24, 2.45) is 7.05 Å². The summed E-state index contributed by atoms with van der Waals surface area (Å²) in [6.45, 7) is 2.90. The third kappa shape index (κ3) is 4.22. The molecule has 0 atom stereocenters. The van der Waals surface area contributed by atoms with Crippen molar-refractivity contribution in [3.05, 3.63) is 66.6 Å². The number of thioether (sulfide) groups is 1. The SMILES string of the molecule is CC=C(Sc1cc(-n2c(=O)cc(C(F)(F)F)n(C)c2=O)c(F)cc1Cl)C(C)=O. The van der Waals surface area contributed by atoms with Gasteiger partial charge in [0.2, 0.25) is 0 Å². The molecule has 11 heteroatoms. The van der Waals surface area contributed by atoms with Gasteiger partial charge in [-0.25, -0.2) is 13.8 Å². The molecule has 0 saturated heterocycles. The highest BCUT2D eigenvalue weighted by molar-refractivity contribution is 8.04. The summed E-state index contributed by atoms with van der Waals surface area (Å²) in [5.74, 6) is -1.38. The first-order chi connectivity index (χ1) is 12.9. The maximum Gasteiger partial charge on any atom is 0.431 e. The number of carbonyl (C=O) groups is 1. The lowest BCUT2D eigenvalue weighted by molar-refractivity contribution is -0.144. The van der Waals surface area contributed by atoms with Crippen molar-refractivity contribution in [3.63, 3.8) is 0 Å². The molecule has 0 aliphatic heterocycles. The summed E-state index contributed by atoms with van der Waals surface area (Å²) in [5, 5.41) is -0.0939. The molecule has 0 amide bonds. The molecule has 0 aliphatic carbocycles. The summed E-state index contributed by atoms with van der Waals surface area (Å²) in [6.07, 6.45) is -3.44. The molecule has 2 rings (SSSR count). The molecule has 0 spiro atoms. The average molecular weight is 437 g/mol. The lowest BCUT2D eigenvalue weighted by Crippen LogP contribution is -2.41. The van der Waals surface area contributed by atoms with Gasteiger partial charge in [0.1, 0.15) is 11.5 Å². The zero-order valence-corrected chi connectivity index (χ0v) is 16.3. The minimum atomic E-state index is -4.94. The van der Waals surface area contributed by atoms with Gasteiger partial charge in [0.15, 0.2) is 5.78 Å². The molecule has 150 valence electrons. The minimum absolute atomic E-state index is 0.0939. The Hall–Kier alpha value is -2.33. The van der Waals surface area contributed by atoms with Crippen molar-refractivity contribution in [2.75, 3.05) is 0 Å². The molecule has 2 aromatic rings. The molecular formula is C17H13ClF4N2O3S. The van der Waals surface area contributed by atoms with Crippen LogP contribution < -0.4 is 11.2 Å². The number of hydrogen-bond acceptors (Lipinski definition) is 4. The van der Waals surface area contributed by atoms with Gasteiger partial charge in [-0.05, 0) is 26.0 Å². The third-order valence-electron chi connectivity index (χ3n) is 3.68. The van der Waals surface area contributed by atoms with Gasteiger partial charge in [-0.1, -0.05) is 29.4 Å². The van der Waals surface area contributed by atoms with E-state index in [9.17, 15) is 31.9 Å². The van der Waals surface area contributed by atoms with E-state index in [0.717, 1.165) is 30.9 Å². The Kier molecular flexibility index (Phi) is 6.24. The molecule has 5 nitrogen and oxygen atoms in total. The van der Waals surface area contributed by atoms with Gasteiger partial charge in [-0.3, -0.25) is 14.2 Å². The maximum atomic E-state index is 14.4. The van der Waals surface area contributed by atoms with Crippen LogP contribution in [0.5, 0.6) is 0 Å². The van der Waals surface area contributed by atoms with Crippen molar-refractivity contribution in [1.29, 1.82) is 0 Å². The van der Waals surface area contributed by atoms with Gasteiger partial charge in [0.25, 0.3) is 5.56 Å². The summed E-state index contributed by atoms with van der Waals surface area (Å²) in [7, 11) is 0.818. The number of aromatic nitrogens is 2. The second-order valence-electron chi connectivity index (χ2n) is 5.59. The summed E-state index contributed by atoms with van der Waals surface area (Å²) in [6, 6.07) is 2.05. The second kappa shape index (κ2) is 7.96. The number of benzene rings is 1. The van der Waals surface area contributed by atoms with Gasteiger partial charge < -0.3 is 0 Å². The molecule has 0 N–H and O–H groups in total. The monoisotopic (exact) mass is 436 g/mol. The van der Waals surface area contributed by atoms with Gasteiger partial charge in [-0.15, -0.1) is 0 Å². The fourth-order valence-electron chi connectivity index (χ4n) is 2.34. The predicted octanol–water partition coefficient (Wildman–Crippen LogP) is 3.93. The number of nitrogens with zero attached hydrogens (tertiary/aromatic N) is 2. The van der Waals surface area contributed by atoms with E-state index in [1.165, 1.54) is 13.0 Å². The standard InChI is InChI=1S/C17H13ClF4N2O3S/c1-4-12(8(2)25)28-13-6-11(10(19)5-9(13)18)24-15(26)7-14(17(20,21)22)23(3)16(24)27/h4-7H,1-3H3. The smallest absolute Gasteiger partial charge is 0.294 e. The topological polar surface area (TPSA) is 61.1 Å². The van der Waals surface area contributed by atoms with Crippen molar-refractivity contribution >= 4 is 29.1 Å². The van der Waals surface area contributed by atoms with Crippen molar-refractivity contribution in [2.45, 2.75) is 24.9 Å². The second-order valence-corrected chi connectivity index (χ2v) is 7.08. The molecule has 0 saturated carbocycles. The van der Waals surface area contributed by atoms with E-state index in [-0.39, 0.29) is 35.8 Å². The van der Waals surface area contributed by atoms with Crippen LogP contribution in [0.25, 0.3) is 5.69 Å². The largest absolute Gasteiger partial charge is 0.431 e. The Bertz CT molecular complexity index is 1100. The van der Waals surface area contributed by atoms with Gasteiger partial charge in [0.05, 0.1) is 15.6 Å². The molecule has 1 heterocycles. The maximum absolute atomic E-state index is 14.4. The molecule has 0 aliphatic rings.